The zero-order valence-corrected chi connectivity index (χ0v) is 14.7. The van der Waals surface area contributed by atoms with E-state index in [9.17, 15) is 18.8 Å². The number of halogens is 1. The Morgan fingerprint density at radius 1 is 1.00 bits per heavy atom. The molecular weight excluding hydrogens is 369 g/mol. The number of carbonyl (C=O) groups excluding carboxylic acids is 3. The third-order valence-corrected chi connectivity index (χ3v) is 3.83. The summed E-state index contributed by atoms with van der Waals surface area (Å²) in [5.74, 6) is -1.14. The monoisotopic (exact) mass is 387 g/mol. The highest BCUT2D eigenvalue weighted by Crippen LogP contribution is 2.30. The van der Waals surface area contributed by atoms with Crippen molar-refractivity contribution in [3.05, 3.63) is 59.9 Å². The molecule has 0 aliphatic carbocycles. The summed E-state index contributed by atoms with van der Waals surface area (Å²) < 4.78 is 24.0. The van der Waals surface area contributed by atoms with Gasteiger partial charge in [-0.2, -0.15) is 0 Å². The second-order valence-corrected chi connectivity index (χ2v) is 5.99. The van der Waals surface area contributed by atoms with Crippen LogP contribution in [-0.2, 0) is 20.8 Å². The molecule has 0 bridgehead atoms. The molecule has 0 aromatic heterocycles. The van der Waals surface area contributed by atoms with Crippen LogP contribution in [0.4, 0.5) is 4.39 Å². The van der Waals surface area contributed by atoms with Crippen LogP contribution in [0.15, 0.2) is 48.5 Å². The molecule has 3 amide bonds. The Morgan fingerprint density at radius 2 is 1.79 bits per heavy atom. The Morgan fingerprint density at radius 3 is 2.57 bits per heavy atom. The number of carbonyl (C=O) groups is 3. The molecule has 0 saturated heterocycles. The molecule has 1 aliphatic heterocycles. The molecule has 0 radical (unpaired) electrons. The highest BCUT2D eigenvalue weighted by molar-refractivity contribution is 5.88. The maximum absolute atomic E-state index is 13.1. The minimum atomic E-state index is -0.919. The van der Waals surface area contributed by atoms with Gasteiger partial charge in [-0.3, -0.25) is 25.2 Å². The summed E-state index contributed by atoms with van der Waals surface area (Å²) in [6, 6.07) is 12.5. The van der Waals surface area contributed by atoms with Crippen molar-refractivity contribution in [1.82, 2.24) is 16.2 Å². The van der Waals surface area contributed by atoms with Crippen LogP contribution in [0.2, 0.25) is 0 Å². The van der Waals surface area contributed by atoms with Crippen LogP contribution in [0.3, 0.4) is 0 Å². The van der Waals surface area contributed by atoms with Crippen molar-refractivity contribution in [2.45, 2.75) is 12.5 Å². The summed E-state index contributed by atoms with van der Waals surface area (Å²) in [6.45, 7) is -0.345. The minimum absolute atomic E-state index is 0.00306. The van der Waals surface area contributed by atoms with Crippen molar-refractivity contribution in [2.24, 2.45) is 0 Å². The largest absolute Gasteiger partial charge is 0.485 e. The van der Waals surface area contributed by atoms with Crippen LogP contribution >= 0.6 is 0 Å². The molecule has 28 heavy (non-hydrogen) atoms. The summed E-state index contributed by atoms with van der Waals surface area (Å²) in [5.41, 5.74) is 4.89. The molecule has 146 valence electrons. The van der Waals surface area contributed by atoms with E-state index in [1.165, 1.54) is 18.2 Å². The molecular formula is C19H18FN3O5. The fourth-order valence-electron chi connectivity index (χ4n) is 2.48. The summed E-state index contributed by atoms with van der Waals surface area (Å²) in [7, 11) is 0. The van der Waals surface area contributed by atoms with E-state index < -0.39 is 29.6 Å². The number of ether oxygens (including phenoxy) is 2. The Kier molecular flexibility index (Phi) is 6.05. The van der Waals surface area contributed by atoms with Gasteiger partial charge in [-0.15, -0.1) is 0 Å². The molecule has 1 atom stereocenters. The van der Waals surface area contributed by atoms with Crippen LogP contribution < -0.4 is 25.6 Å². The number of amides is 3. The smallest absolute Gasteiger partial charge is 0.283 e. The normalized spacial score (nSPS) is 14.7. The van der Waals surface area contributed by atoms with Gasteiger partial charge in [0.15, 0.2) is 11.5 Å². The maximum Gasteiger partial charge on any atom is 0.283 e. The van der Waals surface area contributed by atoms with Crippen LogP contribution in [0.5, 0.6) is 11.5 Å². The number of hydrazine groups is 1. The lowest BCUT2D eigenvalue weighted by Crippen LogP contribution is -2.52. The average Bonchev–Trinajstić information content (AvgIpc) is 2.70. The average molecular weight is 387 g/mol. The van der Waals surface area contributed by atoms with Gasteiger partial charge in [-0.25, -0.2) is 4.39 Å². The lowest BCUT2D eigenvalue weighted by molar-refractivity contribution is -0.135. The van der Waals surface area contributed by atoms with E-state index in [4.69, 9.17) is 9.47 Å². The van der Waals surface area contributed by atoms with Crippen molar-refractivity contribution in [3.8, 4) is 11.5 Å². The minimum Gasteiger partial charge on any atom is -0.485 e. The van der Waals surface area contributed by atoms with Crippen molar-refractivity contribution in [2.75, 3.05) is 13.2 Å². The quantitative estimate of drug-likeness (QED) is 0.647. The standard InChI is InChI=1S/C19H18FN3O5/c20-13-5-3-4-12(8-13)9-17(24)21-10-18(25)22-23-19(26)16-11-27-14-6-1-2-7-15(14)28-16/h1-8,16H,9-11H2,(H,21,24)(H,22,25)(H,23,26). The maximum atomic E-state index is 13.1. The molecule has 9 heteroatoms. The molecule has 1 unspecified atom stereocenters. The van der Waals surface area contributed by atoms with E-state index >= 15 is 0 Å². The van der Waals surface area contributed by atoms with Crippen LogP contribution in [-0.4, -0.2) is 37.0 Å². The fourth-order valence-corrected chi connectivity index (χ4v) is 2.48. The summed E-state index contributed by atoms with van der Waals surface area (Å²) in [5, 5.41) is 2.39. The van der Waals surface area contributed by atoms with E-state index in [0.717, 1.165) is 0 Å². The molecule has 0 saturated carbocycles. The van der Waals surface area contributed by atoms with Gasteiger partial charge in [-0.05, 0) is 29.8 Å². The molecule has 2 aromatic rings. The Balaban J connectivity index is 1.38. The summed E-state index contributed by atoms with van der Waals surface area (Å²) in [4.78, 5) is 35.6. The molecule has 1 aliphatic rings. The number of nitrogens with one attached hydrogen (secondary N) is 3. The van der Waals surface area contributed by atoms with Crippen molar-refractivity contribution < 1.29 is 28.2 Å². The van der Waals surface area contributed by atoms with Gasteiger partial charge >= 0.3 is 0 Å². The Bertz CT molecular complexity index is 889. The van der Waals surface area contributed by atoms with Crippen molar-refractivity contribution >= 4 is 17.7 Å². The summed E-state index contributed by atoms with van der Waals surface area (Å²) in [6.07, 6.45) is -0.984. The Labute approximate surface area is 160 Å². The number of benzene rings is 2. The van der Waals surface area contributed by atoms with Gasteiger partial charge in [0.2, 0.25) is 12.0 Å². The highest BCUT2D eigenvalue weighted by atomic mass is 19.1. The molecule has 3 rings (SSSR count). The third-order valence-electron chi connectivity index (χ3n) is 3.83. The third kappa shape index (κ3) is 5.19. The molecule has 2 aromatic carbocycles. The molecule has 0 spiro atoms. The van der Waals surface area contributed by atoms with Gasteiger partial charge in [0.05, 0.1) is 13.0 Å². The Hall–Kier alpha value is -3.62. The van der Waals surface area contributed by atoms with Gasteiger partial charge < -0.3 is 14.8 Å². The molecule has 8 nitrogen and oxygen atoms in total. The van der Waals surface area contributed by atoms with E-state index in [-0.39, 0.29) is 19.6 Å². The predicted octanol–water partition coefficient (Wildman–Crippen LogP) is 0.472. The molecule has 3 N–H and O–H groups in total. The lowest BCUT2D eigenvalue weighted by Gasteiger charge is -2.25. The van der Waals surface area contributed by atoms with E-state index in [1.54, 1.807) is 30.3 Å². The van der Waals surface area contributed by atoms with Crippen LogP contribution in [0, 0.1) is 5.82 Å². The second-order valence-electron chi connectivity index (χ2n) is 5.99. The zero-order valence-electron chi connectivity index (χ0n) is 14.7. The SMILES string of the molecule is O=C(Cc1cccc(F)c1)NCC(=O)NNC(=O)C1COc2ccccc2O1. The molecule has 1 heterocycles. The number of rotatable bonds is 5. The van der Waals surface area contributed by atoms with E-state index in [1.807, 2.05) is 0 Å². The summed E-state index contributed by atoms with van der Waals surface area (Å²) >= 11 is 0. The van der Waals surface area contributed by atoms with Crippen LogP contribution in [0.25, 0.3) is 0 Å². The van der Waals surface area contributed by atoms with Gasteiger partial charge in [0.25, 0.3) is 11.8 Å². The first kappa shape index (κ1) is 19.2. The zero-order chi connectivity index (χ0) is 19.9. The highest BCUT2D eigenvalue weighted by Gasteiger charge is 2.27. The first-order chi connectivity index (χ1) is 13.5. The van der Waals surface area contributed by atoms with Gasteiger partial charge in [-0.1, -0.05) is 24.3 Å². The fraction of sp³-hybridized carbons (Fsp3) is 0.211. The van der Waals surface area contributed by atoms with E-state index in [2.05, 4.69) is 16.2 Å². The predicted molar refractivity (Wildman–Crippen MR) is 95.8 cm³/mol. The second kappa shape index (κ2) is 8.85. The van der Waals surface area contributed by atoms with Crippen molar-refractivity contribution in [1.29, 1.82) is 0 Å². The number of para-hydroxylation sites is 2. The molecule has 0 fully saturated rings. The number of hydrogen-bond donors (Lipinski definition) is 3. The van der Waals surface area contributed by atoms with Crippen LogP contribution in [0.1, 0.15) is 5.56 Å². The number of fused-ring (bicyclic) bond motifs is 1. The van der Waals surface area contributed by atoms with E-state index in [0.29, 0.717) is 17.1 Å². The first-order valence-corrected chi connectivity index (χ1v) is 8.49. The number of hydrogen-bond acceptors (Lipinski definition) is 5. The van der Waals surface area contributed by atoms with Gasteiger partial charge in [0.1, 0.15) is 12.4 Å². The van der Waals surface area contributed by atoms with Crippen molar-refractivity contribution in [3.63, 3.8) is 0 Å². The van der Waals surface area contributed by atoms with Gasteiger partial charge in [0, 0.05) is 0 Å². The lowest BCUT2D eigenvalue weighted by atomic mass is 10.1. The first-order valence-electron chi connectivity index (χ1n) is 8.49. The topological polar surface area (TPSA) is 106 Å².